The molecule has 0 atom stereocenters. The van der Waals surface area contributed by atoms with Crippen LogP contribution in [0.2, 0.25) is 5.02 Å². The molecular formula is C21H15ClF2N4O2. The molecule has 0 aliphatic heterocycles. The average Bonchev–Trinajstić information content (AvgIpc) is 2.71. The molecular weight excluding hydrogens is 414 g/mol. The van der Waals surface area contributed by atoms with Gasteiger partial charge in [0.05, 0.1) is 34.1 Å². The highest BCUT2D eigenvalue weighted by atomic mass is 35.5. The van der Waals surface area contributed by atoms with Crippen LogP contribution in [0.4, 0.5) is 25.8 Å². The second-order valence-corrected chi connectivity index (χ2v) is 6.48. The topological polar surface area (TPSA) is 87.0 Å². The highest BCUT2D eigenvalue weighted by molar-refractivity contribution is 6.31. The van der Waals surface area contributed by atoms with Crippen molar-refractivity contribution in [2.75, 3.05) is 17.2 Å². The minimum atomic E-state index is -1.17. The zero-order valence-corrected chi connectivity index (χ0v) is 16.5. The second-order valence-electron chi connectivity index (χ2n) is 6.07. The minimum Gasteiger partial charge on any atom is -0.492 e. The van der Waals surface area contributed by atoms with Gasteiger partial charge in [-0.05, 0) is 31.2 Å². The Hall–Kier alpha value is -3.70. The van der Waals surface area contributed by atoms with E-state index in [9.17, 15) is 18.8 Å². The van der Waals surface area contributed by atoms with Crippen LogP contribution >= 0.6 is 11.6 Å². The summed E-state index contributed by atoms with van der Waals surface area (Å²) in [5.74, 6) is -2.51. The molecule has 0 saturated carbocycles. The zero-order chi connectivity index (χ0) is 21.8. The summed E-state index contributed by atoms with van der Waals surface area (Å²) in [4.78, 5) is 16.0. The lowest BCUT2D eigenvalue weighted by atomic mass is 10.1. The molecule has 1 amide bonds. The molecule has 0 aliphatic carbocycles. The van der Waals surface area contributed by atoms with E-state index >= 15 is 0 Å². The van der Waals surface area contributed by atoms with E-state index in [-0.39, 0.29) is 22.0 Å². The smallest absolute Gasteiger partial charge is 0.283 e. The van der Waals surface area contributed by atoms with Crippen molar-refractivity contribution in [2.45, 2.75) is 6.92 Å². The third-order valence-electron chi connectivity index (χ3n) is 4.07. The lowest BCUT2D eigenvalue weighted by molar-refractivity contribution is -0.114. The quantitative estimate of drug-likeness (QED) is 0.509. The van der Waals surface area contributed by atoms with Crippen LogP contribution in [-0.4, -0.2) is 17.5 Å². The molecule has 6 nitrogen and oxygen atoms in total. The van der Waals surface area contributed by atoms with Crippen molar-refractivity contribution < 1.29 is 18.3 Å². The molecule has 0 aliphatic rings. The van der Waals surface area contributed by atoms with Crippen molar-refractivity contribution in [3.05, 3.63) is 65.3 Å². The number of nitrogens with zero attached hydrogens (tertiary/aromatic N) is 2. The maximum absolute atomic E-state index is 13.5. The first-order chi connectivity index (χ1) is 14.3. The lowest BCUT2D eigenvalue weighted by Crippen LogP contribution is -2.12. The molecule has 0 radical (unpaired) electrons. The fraction of sp³-hybridized carbons (Fsp3) is 0.0952. The van der Waals surface area contributed by atoms with Crippen molar-refractivity contribution in [3.63, 3.8) is 0 Å². The van der Waals surface area contributed by atoms with Crippen LogP contribution in [0.3, 0.4) is 0 Å². The Bertz CT molecular complexity index is 1210. The average molecular weight is 429 g/mol. The summed E-state index contributed by atoms with van der Waals surface area (Å²) < 4.78 is 32.2. The molecule has 30 heavy (non-hydrogen) atoms. The number of nitrogens with one attached hydrogen (secondary N) is 2. The van der Waals surface area contributed by atoms with Crippen molar-refractivity contribution in [2.24, 2.45) is 0 Å². The van der Waals surface area contributed by atoms with E-state index in [4.69, 9.17) is 16.3 Å². The molecule has 0 bridgehead atoms. The van der Waals surface area contributed by atoms with Gasteiger partial charge in [-0.2, -0.15) is 5.26 Å². The Kier molecular flexibility index (Phi) is 6.14. The van der Waals surface area contributed by atoms with Crippen LogP contribution in [0.15, 0.2) is 48.9 Å². The summed E-state index contributed by atoms with van der Waals surface area (Å²) in [6.45, 7) is 5.02. The third kappa shape index (κ3) is 4.31. The normalized spacial score (nSPS) is 10.4. The first-order valence-corrected chi connectivity index (χ1v) is 9.09. The molecule has 2 N–H and O–H groups in total. The number of carbonyl (C=O) groups is 1. The van der Waals surface area contributed by atoms with Gasteiger partial charge in [-0.25, -0.2) is 8.78 Å². The molecule has 0 fully saturated rings. The van der Waals surface area contributed by atoms with Gasteiger partial charge in [0.25, 0.3) is 5.91 Å². The van der Waals surface area contributed by atoms with Gasteiger partial charge in [0.1, 0.15) is 17.6 Å². The van der Waals surface area contributed by atoms with Gasteiger partial charge < -0.3 is 15.4 Å². The molecule has 2 aromatic carbocycles. The standard InChI is InChI=1S/C21H15ClF2N4O2/c1-3-30-19-8-17-14(7-18(19)28-21(29)11(2)23)20(12(9-25)10-26-17)27-13-4-5-16(24)15(22)6-13/h4-8,10H,2-3H2,1H3,(H,26,27)(H,28,29). The molecule has 152 valence electrons. The maximum atomic E-state index is 13.5. The molecule has 9 heteroatoms. The molecule has 1 aromatic heterocycles. The number of pyridine rings is 1. The van der Waals surface area contributed by atoms with Crippen LogP contribution < -0.4 is 15.4 Å². The van der Waals surface area contributed by atoms with Gasteiger partial charge in [-0.15, -0.1) is 0 Å². The number of fused-ring (bicyclic) bond motifs is 1. The van der Waals surface area contributed by atoms with Crippen LogP contribution in [0.25, 0.3) is 10.9 Å². The highest BCUT2D eigenvalue weighted by Crippen LogP contribution is 2.36. The maximum Gasteiger partial charge on any atom is 0.283 e. The summed E-state index contributed by atoms with van der Waals surface area (Å²) in [6, 6.07) is 9.10. The van der Waals surface area contributed by atoms with Crippen LogP contribution in [0.1, 0.15) is 12.5 Å². The van der Waals surface area contributed by atoms with Gasteiger partial charge in [-0.3, -0.25) is 9.78 Å². The monoisotopic (exact) mass is 428 g/mol. The Balaban J connectivity index is 2.18. The summed E-state index contributed by atoms with van der Waals surface area (Å²) in [5, 5.41) is 15.3. The van der Waals surface area contributed by atoms with Crippen molar-refractivity contribution in [1.29, 1.82) is 5.26 Å². The molecule has 3 rings (SSSR count). The van der Waals surface area contributed by atoms with E-state index in [0.29, 0.717) is 28.9 Å². The van der Waals surface area contributed by atoms with Crippen molar-refractivity contribution >= 4 is 45.5 Å². The second kappa shape index (κ2) is 8.76. The number of hydrogen-bond donors (Lipinski definition) is 2. The van der Waals surface area contributed by atoms with Crippen LogP contribution in [-0.2, 0) is 4.79 Å². The Labute approximate surface area is 175 Å². The zero-order valence-electron chi connectivity index (χ0n) is 15.7. The fourth-order valence-corrected chi connectivity index (χ4v) is 2.90. The van der Waals surface area contributed by atoms with Gasteiger partial charge in [-0.1, -0.05) is 18.2 Å². The summed E-state index contributed by atoms with van der Waals surface area (Å²) in [7, 11) is 0. The van der Waals surface area contributed by atoms with Gasteiger partial charge in [0.15, 0.2) is 5.83 Å². The van der Waals surface area contributed by atoms with Gasteiger partial charge in [0, 0.05) is 23.3 Å². The number of carbonyl (C=O) groups excluding carboxylic acids is 1. The fourth-order valence-electron chi connectivity index (χ4n) is 2.72. The number of amides is 1. The predicted octanol–water partition coefficient (Wildman–Crippen LogP) is 5.46. The molecule has 0 unspecified atom stereocenters. The van der Waals surface area contributed by atoms with E-state index < -0.39 is 17.6 Å². The van der Waals surface area contributed by atoms with Crippen molar-refractivity contribution in [1.82, 2.24) is 4.98 Å². The Morgan fingerprint density at radius 3 is 2.77 bits per heavy atom. The minimum absolute atomic E-state index is 0.0927. The lowest BCUT2D eigenvalue weighted by Gasteiger charge is -2.16. The van der Waals surface area contributed by atoms with E-state index in [0.717, 1.165) is 0 Å². The van der Waals surface area contributed by atoms with E-state index in [2.05, 4.69) is 22.2 Å². The van der Waals surface area contributed by atoms with Gasteiger partial charge in [0.2, 0.25) is 0 Å². The molecule has 1 heterocycles. The summed E-state index contributed by atoms with van der Waals surface area (Å²) in [5.41, 5.74) is 1.60. The number of hydrogen-bond acceptors (Lipinski definition) is 5. The van der Waals surface area contributed by atoms with Crippen molar-refractivity contribution in [3.8, 4) is 11.8 Å². The highest BCUT2D eigenvalue weighted by Gasteiger charge is 2.17. The number of benzene rings is 2. The number of ether oxygens (including phenoxy) is 1. The number of anilines is 3. The van der Waals surface area contributed by atoms with Crippen LogP contribution in [0, 0.1) is 17.1 Å². The first kappa shape index (κ1) is 21.0. The predicted molar refractivity (Wildman–Crippen MR) is 111 cm³/mol. The molecule has 0 spiro atoms. The summed E-state index contributed by atoms with van der Waals surface area (Å²) in [6.07, 6.45) is 1.37. The first-order valence-electron chi connectivity index (χ1n) is 8.71. The van der Waals surface area contributed by atoms with E-state index in [1.54, 1.807) is 13.0 Å². The van der Waals surface area contributed by atoms with Gasteiger partial charge >= 0.3 is 0 Å². The summed E-state index contributed by atoms with van der Waals surface area (Å²) >= 11 is 5.84. The third-order valence-corrected chi connectivity index (χ3v) is 4.36. The number of aromatic nitrogens is 1. The van der Waals surface area contributed by atoms with Crippen LogP contribution in [0.5, 0.6) is 5.75 Å². The molecule has 0 saturated heterocycles. The Morgan fingerprint density at radius 1 is 1.37 bits per heavy atom. The number of halogens is 3. The Morgan fingerprint density at radius 2 is 2.13 bits per heavy atom. The number of nitriles is 1. The SMILES string of the molecule is C=C(F)C(=O)Nc1cc2c(Nc3ccc(F)c(Cl)c3)c(C#N)cnc2cc1OCC. The van der Waals surface area contributed by atoms with E-state index in [1.807, 2.05) is 6.07 Å². The molecule has 3 aromatic rings. The largest absolute Gasteiger partial charge is 0.492 e. The number of rotatable bonds is 6. The van der Waals surface area contributed by atoms with E-state index in [1.165, 1.54) is 30.5 Å².